The van der Waals surface area contributed by atoms with Crippen LogP contribution < -0.4 is 0 Å². The zero-order valence-corrected chi connectivity index (χ0v) is 9.08. The summed E-state index contributed by atoms with van der Waals surface area (Å²) >= 11 is 0. The Labute approximate surface area is 85.6 Å². The first kappa shape index (κ1) is 7.61. The molecule has 2 heteroatoms. The fourth-order valence-corrected chi connectivity index (χ4v) is 4.41. The van der Waals surface area contributed by atoms with Gasteiger partial charge in [-0.15, -0.1) is 0 Å². The average molecular weight is 190 g/mol. The summed E-state index contributed by atoms with van der Waals surface area (Å²) in [5.74, 6) is 2.06. The molecule has 0 aromatic rings. The third kappa shape index (κ3) is 0.590. The summed E-state index contributed by atoms with van der Waals surface area (Å²) in [5, 5.41) is 0. The van der Waals surface area contributed by atoms with E-state index in [0.29, 0.717) is 0 Å². The molecule has 0 amide bonds. The first-order chi connectivity index (χ1) is 6.71. The van der Waals surface area contributed by atoms with Crippen molar-refractivity contribution in [2.75, 3.05) is 26.2 Å². The maximum atomic E-state index is 2.65. The minimum Gasteiger partial charge on any atom is -0.373 e. The lowest BCUT2D eigenvalue weighted by atomic mass is 9.56. The van der Waals surface area contributed by atoms with E-state index in [-0.39, 0.29) is 0 Å². The van der Waals surface area contributed by atoms with E-state index >= 15 is 0 Å². The van der Waals surface area contributed by atoms with E-state index < -0.39 is 0 Å². The van der Waals surface area contributed by atoms with Gasteiger partial charge in [0.1, 0.15) is 0 Å². The second kappa shape index (κ2) is 1.98. The summed E-state index contributed by atoms with van der Waals surface area (Å²) in [6.45, 7) is 10.1. The monoisotopic (exact) mass is 190 g/mol. The van der Waals surface area contributed by atoms with Crippen LogP contribution in [0.2, 0.25) is 0 Å². The molecule has 0 N–H and O–H groups in total. The summed E-state index contributed by atoms with van der Waals surface area (Å²) in [7, 11) is 0. The Morgan fingerprint density at radius 2 is 1.50 bits per heavy atom. The highest BCUT2D eigenvalue weighted by Crippen LogP contribution is 2.62. The maximum absolute atomic E-state index is 2.65. The smallest absolute Gasteiger partial charge is 0.0293 e. The minimum atomic E-state index is 0.721. The van der Waals surface area contributed by atoms with E-state index in [1.54, 1.807) is 11.4 Å². The molecule has 76 valence electrons. The van der Waals surface area contributed by atoms with Crippen molar-refractivity contribution >= 4 is 0 Å². The Bertz CT molecular complexity index is 312. The Balaban J connectivity index is 1.90. The van der Waals surface area contributed by atoms with Gasteiger partial charge in [-0.1, -0.05) is 0 Å². The minimum absolute atomic E-state index is 0.721. The Kier molecular flexibility index (Phi) is 1.07. The summed E-state index contributed by atoms with van der Waals surface area (Å²) in [4.78, 5) is 5.30. The molecule has 3 bridgehead atoms. The molecule has 14 heavy (non-hydrogen) atoms. The molecule has 4 rings (SSSR count). The van der Waals surface area contributed by atoms with Gasteiger partial charge in [0, 0.05) is 43.0 Å². The first-order valence-electron chi connectivity index (χ1n) is 5.88. The van der Waals surface area contributed by atoms with Crippen molar-refractivity contribution in [2.24, 2.45) is 17.3 Å². The van der Waals surface area contributed by atoms with Crippen LogP contribution in [0, 0.1) is 17.3 Å². The second-order valence-electron chi connectivity index (χ2n) is 5.79. The van der Waals surface area contributed by atoms with Gasteiger partial charge in [0.05, 0.1) is 0 Å². The molecule has 2 atom stereocenters. The predicted octanol–water partition coefficient (Wildman–Crippen LogP) is 1.51. The largest absolute Gasteiger partial charge is 0.373 e. The zero-order chi connectivity index (χ0) is 9.50. The van der Waals surface area contributed by atoms with Gasteiger partial charge in [0.15, 0.2) is 0 Å². The van der Waals surface area contributed by atoms with Crippen molar-refractivity contribution in [3.05, 3.63) is 11.4 Å². The van der Waals surface area contributed by atoms with Gasteiger partial charge in [-0.2, -0.15) is 0 Å². The van der Waals surface area contributed by atoms with Crippen LogP contribution >= 0.6 is 0 Å². The predicted molar refractivity (Wildman–Crippen MR) is 55.6 cm³/mol. The van der Waals surface area contributed by atoms with Crippen molar-refractivity contribution in [1.82, 2.24) is 9.80 Å². The molecule has 3 heterocycles. The van der Waals surface area contributed by atoms with Crippen LogP contribution in [0.1, 0.15) is 20.3 Å². The molecule has 2 saturated heterocycles. The number of hydrogen-bond donors (Lipinski definition) is 0. The summed E-state index contributed by atoms with van der Waals surface area (Å²) < 4.78 is 0. The Morgan fingerprint density at radius 1 is 1.00 bits per heavy atom. The van der Waals surface area contributed by atoms with Crippen LogP contribution in [0.5, 0.6) is 0 Å². The van der Waals surface area contributed by atoms with Crippen molar-refractivity contribution in [2.45, 2.75) is 20.3 Å². The molecule has 1 aliphatic carbocycles. The number of allylic oxidation sites excluding steroid dienone is 2. The molecular weight excluding hydrogens is 172 g/mol. The van der Waals surface area contributed by atoms with Gasteiger partial charge in [-0.3, -0.25) is 0 Å². The van der Waals surface area contributed by atoms with Gasteiger partial charge in [-0.05, 0) is 32.1 Å². The summed E-state index contributed by atoms with van der Waals surface area (Å²) in [6.07, 6.45) is 1.51. The molecular formula is C12H18N2. The number of hydrogen-bond acceptors (Lipinski definition) is 2. The fraction of sp³-hybridized carbons (Fsp3) is 0.833. The van der Waals surface area contributed by atoms with Crippen LogP contribution in [0.4, 0.5) is 0 Å². The molecule has 4 aliphatic rings. The van der Waals surface area contributed by atoms with Crippen LogP contribution in [-0.2, 0) is 0 Å². The molecule has 1 spiro atoms. The van der Waals surface area contributed by atoms with Crippen molar-refractivity contribution in [1.29, 1.82) is 0 Å². The van der Waals surface area contributed by atoms with Gasteiger partial charge >= 0.3 is 0 Å². The van der Waals surface area contributed by atoms with E-state index in [1.165, 1.54) is 32.6 Å². The SMILES string of the molecule is CC1=C(C)N2CC3CC4CN1CC43C2. The normalized spacial score (nSPS) is 48.4. The van der Waals surface area contributed by atoms with Gasteiger partial charge < -0.3 is 9.80 Å². The van der Waals surface area contributed by atoms with E-state index in [2.05, 4.69) is 23.6 Å². The molecule has 0 aromatic carbocycles. The highest BCUT2D eigenvalue weighted by atomic mass is 15.3. The van der Waals surface area contributed by atoms with Crippen LogP contribution in [0.15, 0.2) is 11.4 Å². The molecule has 3 aliphatic heterocycles. The van der Waals surface area contributed by atoms with Crippen molar-refractivity contribution in [3.8, 4) is 0 Å². The standard InChI is InChI=1S/C12H18N2/c1-8-9(2)14-5-11-3-10-4-13(8)6-12(10,11)7-14/h10-11H,3-7H2,1-2H3. The average Bonchev–Trinajstić information content (AvgIpc) is 2.60. The van der Waals surface area contributed by atoms with Gasteiger partial charge in [0.2, 0.25) is 0 Å². The first-order valence-corrected chi connectivity index (χ1v) is 5.88. The molecule has 2 nitrogen and oxygen atoms in total. The number of nitrogens with zero attached hydrogens (tertiary/aromatic N) is 2. The molecule has 2 unspecified atom stereocenters. The quantitative estimate of drug-likeness (QED) is 0.571. The third-order valence-corrected chi connectivity index (χ3v) is 5.52. The van der Waals surface area contributed by atoms with Gasteiger partial charge in [-0.25, -0.2) is 0 Å². The Hall–Kier alpha value is -0.660. The van der Waals surface area contributed by atoms with E-state index in [4.69, 9.17) is 0 Å². The highest BCUT2D eigenvalue weighted by molar-refractivity contribution is 5.26. The topological polar surface area (TPSA) is 6.48 Å². The summed E-state index contributed by atoms with van der Waals surface area (Å²) in [6, 6.07) is 0. The van der Waals surface area contributed by atoms with Gasteiger partial charge in [0.25, 0.3) is 0 Å². The lowest BCUT2D eigenvalue weighted by Crippen LogP contribution is -2.47. The Morgan fingerprint density at radius 3 is 2.00 bits per heavy atom. The second-order valence-corrected chi connectivity index (χ2v) is 5.79. The fourth-order valence-electron chi connectivity index (χ4n) is 4.41. The molecule has 0 aromatic heterocycles. The van der Waals surface area contributed by atoms with E-state index in [9.17, 15) is 0 Å². The van der Waals surface area contributed by atoms with E-state index in [0.717, 1.165) is 17.3 Å². The zero-order valence-electron chi connectivity index (χ0n) is 9.08. The molecule has 3 fully saturated rings. The lowest BCUT2D eigenvalue weighted by Gasteiger charge is -2.45. The highest BCUT2D eigenvalue weighted by Gasteiger charge is 2.64. The van der Waals surface area contributed by atoms with Crippen molar-refractivity contribution < 1.29 is 0 Å². The number of rotatable bonds is 0. The van der Waals surface area contributed by atoms with Crippen molar-refractivity contribution in [3.63, 3.8) is 0 Å². The van der Waals surface area contributed by atoms with Crippen LogP contribution in [0.25, 0.3) is 0 Å². The number of fused-ring (bicyclic) bond motifs is 2. The lowest BCUT2D eigenvalue weighted by molar-refractivity contribution is 0.0395. The van der Waals surface area contributed by atoms with Crippen LogP contribution in [-0.4, -0.2) is 36.0 Å². The maximum Gasteiger partial charge on any atom is 0.0293 e. The summed E-state index contributed by atoms with van der Waals surface area (Å²) in [5.41, 5.74) is 3.82. The van der Waals surface area contributed by atoms with Crippen LogP contribution in [0.3, 0.4) is 0 Å². The van der Waals surface area contributed by atoms with E-state index in [1.807, 2.05) is 0 Å². The third-order valence-electron chi connectivity index (χ3n) is 5.52. The molecule has 0 radical (unpaired) electrons. The molecule has 1 saturated carbocycles.